The summed E-state index contributed by atoms with van der Waals surface area (Å²) in [6, 6.07) is 8.54. The molecule has 5 nitrogen and oxygen atoms in total. The molecule has 0 aliphatic carbocycles. The third-order valence-electron chi connectivity index (χ3n) is 3.63. The number of hydrogen-bond acceptors (Lipinski definition) is 5. The molecular weight excluding hydrogens is 330 g/mol. The second-order valence-electron chi connectivity index (χ2n) is 6.08. The molecule has 0 spiro atoms. The molecule has 0 fully saturated rings. The van der Waals surface area contributed by atoms with Gasteiger partial charge in [-0.2, -0.15) is 0 Å². The van der Waals surface area contributed by atoms with Crippen LogP contribution in [0, 0.1) is 5.41 Å². The van der Waals surface area contributed by atoms with Crippen LogP contribution in [0.15, 0.2) is 36.5 Å². The Hall–Kier alpha value is -2.40. The van der Waals surface area contributed by atoms with Crippen LogP contribution < -0.4 is 0 Å². The van der Waals surface area contributed by atoms with Gasteiger partial charge in [0.05, 0.1) is 12.5 Å². The number of ether oxygens (including phenoxy) is 1. The Morgan fingerprint density at radius 2 is 1.96 bits per heavy atom. The molecule has 6 heteroatoms. The Morgan fingerprint density at radius 3 is 2.54 bits per heavy atom. The van der Waals surface area contributed by atoms with Crippen molar-refractivity contribution >= 4 is 23.4 Å². The summed E-state index contributed by atoms with van der Waals surface area (Å²) in [7, 11) is 1.27. The first-order chi connectivity index (χ1) is 11.2. The number of aromatic hydroxyl groups is 1. The minimum absolute atomic E-state index is 0.0715. The first-order valence-corrected chi connectivity index (χ1v) is 7.69. The summed E-state index contributed by atoms with van der Waals surface area (Å²) < 4.78 is 4.68. The van der Waals surface area contributed by atoms with E-state index in [9.17, 15) is 14.7 Å². The first kappa shape index (κ1) is 17.9. The van der Waals surface area contributed by atoms with Crippen molar-refractivity contribution in [2.75, 3.05) is 7.11 Å². The third-order valence-corrected chi connectivity index (χ3v) is 3.87. The molecule has 1 aromatic carbocycles. The van der Waals surface area contributed by atoms with Crippen molar-refractivity contribution in [3.63, 3.8) is 0 Å². The number of esters is 1. The lowest BCUT2D eigenvalue weighted by molar-refractivity contribution is -0.150. The Labute approximate surface area is 145 Å². The number of pyridine rings is 1. The van der Waals surface area contributed by atoms with Crippen LogP contribution in [0.2, 0.25) is 5.02 Å². The number of Topliss-reactive ketones (excluding diaryl/α,β-unsaturated/α-hetero) is 1. The van der Waals surface area contributed by atoms with Crippen molar-refractivity contribution in [3.8, 4) is 16.9 Å². The highest BCUT2D eigenvalue weighted by Gasteiger charge is 2.33. The van der Waals surface area contributed by atoms with Gasteiger partial charge in [0.1, 0.15) is 11.4 Å². The summed E-state index contributed by atoms with van der Waals surface area (Å²) in [5.41, 5.74) is 0.349. The predicted molar refractivity (Wildman–Crippen MR) is 91.1 cm³/mol. The zero-order valence-electron chi connectivity index (χ0n) is 13.7. The molecule has 0 bridgehead atoms. The number of nitrogens with zero attached hydrogens (tertiary/aromatic N) is 1. The van der Waals surface area contributed by atoms with Crippen molar-refractivity contribution in [1.82, 2.24) is 4.98 Å². The predicted octanol–water partition coefficient (Wildman–Crippen LogP) is 3.88. The number of rotatable bonds is 5. The number of aromatic nitrogens is 1. The highest BCUT2D eigenvalue weighted by Crippen LogP contribution is 2.30. The summed E-state index contributed by atoms with van der Waals surface area (Å²) in [5, 5.41) is 10.7. The maximum Gasteiger partial charge on any atom is 0.311 e. The summed E-state index contributed by atoms with van der Waals surface area (Å²) in [6.45, 7) is 3.21. The van der Waals surface area contributed by atoms with Gasteiger partial charge in [-0.1, -0.05) is 23.7 Å². The molecule has 0 aliphatic heterocycles. The summed E-state index contributed by atoms with van der Waals surface area (Å²) in [6.07, 6.45) is 1.38. The van der Waals surface area contributed by atoms with Crippen LogP contribution in [-0.4, -0.2) is 29.0 Å². The van der Waals surface area contributed by atoms with Gasteiger partial charge in [0.2, 0.25) is 0 Å². The number of halogens is 1. The fourth-order valence-electron chi connectivity index (χ4n) is 2.33. The highest BCUT2D eigenvalue weighted by atomic mass is 35.5. The topological polar surface area (TPSA) is 76.5 Å². The van der Waals surface area contributed by atoms with Crippen LogP contribution in [0.3, 0.4) is 0 Å². The fraction of sp³-hybridized carbons (Fsp3) is 0.278. The van der Waals surface area contributed by atoms with E-state index in [-0.39, 0.29) is 17.9 Å². The molecule has 0 radical (unpaired) electrons. The van der Waals surface area contributed by atoms with E-state index in [1.54, 1.807) is 32.0 Å². The van der Waals surface area contributed by atoms with Gasteiger partial charge in [0, 0.05) is 23.2 Å². The quantitative estimate of drug-likeness (QED) is 0.656. The molecule has 2 rings (SSSR count). The minimum Gasteiger partial charge on any atom is -0.506 e. The highest BCUT2D eigenvalue weighted by molar-refractivity contribution is 6.30. The smallest absolute Gasteiger partial charge is 0.311 e. The lowest BCUT2D eigenvalue weighted by Crippen LogP contribution is -2.28. The van der Waals surface area contributed by atoms with Crippen molar-refractivity contribution in [3.05, 3.63) is 47.2 Å². The van der Waals surface area contributed by atoms with Crippen LogP contribution in [0.25, 0.3) is 11.1 Å². The molecule has 24 heavy (non-hydrogen) atoms. The molecule has 0 aliphatic rings. The molecule has 0 saturated heterocycles. The monoisotopic (exact) mass is 347 g/mol. The Morgan fingerprint density at radius 1 is 1.25 bits per heavy atom. The van der Waals surface area contributed by atoms with E-state index in [0.29, 0.717) is 10.6 Å². The van der Waals surface area contributed by atoms with Crippen molar-refractivity contribution in [1.29, 1.82) is 0 Å². The van der Waals surface area contributed by atoms with Gasteiger partial charge in [0.25, 0.3) is 0 Å². The van der Waals surface area contributed by atoms with E-state index >= 15 is 0 Å². The third kappa shape index (κ3) is 3.92. The van der Waals surface area contributed by atoms with E-state index < -0.39 is 17.2 Å². The summed E-state index contributed by atoms with van der Waals surface area (Å²) >= 11 is 5.95. The van der Waals surface area contributed by atoms with Crippen molar-refractivity contribution in [2.24, 2.45) is 5.41 Å². The largest absolute Gasteiger partial charge is 0.506 e. The molecule has 0 amide bonds. The van der Waals surface area contributed by atoms with Crippen molar-refractivity contribution in [2.45, 2.75) is 20.3 Å². The Kier molecular flexibility index (Phi) is 5.24. The fourth-order valence-corrected chi connectivity index (χ4v) is 2.52. The second kappa shape index (κ2) is 7.01. The molecule has 0 unspecified atom stereocenters. The van der Waals surface area contributed by atoms with Gasteiger partial charge < -0.3 is 9.84 Å². The van der Waals surface area contributed by atoms with Gasteiger partial charge in [0.15, 0.2) is 5.78 Å². The number of benzene rings is 1. The number of carbonyl (C=O) groups is 2. The molecular formula is C18H18ClNO4. The Bertz CT molecular complexity index is 786. The van der Waals surface area contributed by atoms with Crippen LogP contribution in [0.1, 0.15) is 30.8 Å². The average Bonchev–Trinajstić information content (AvgIpc) is 2.53. The zero-order chi connectivity index (χ0) is 17.9. The van der Waals surface area contributed by atoms with Crippen molar-refractivity contribution < 1.29 is 19.4 Å². The number of methoxy groups -OCH3 is 1. The molecule has 0 atom stereocenters. The number of carbonyl (C=O) groups excluding carboxylic acids is 2. The van der Waals surface area contributed by atoms with E-state index in [4.69, 9.17) is 11.6 Å². The minimum atomic E-state index is -0.994. The molecule has 126 valence electrons. The van der Waals surface area contributed by atoms with Crippen LogP contribution in [0.5, 0.6) is 5.75 Å². The lowest BCUT2D eigenvalue weighted by Gasteiger charge is -2.20. The van der Waals surface area contributed by atoms with Crippen LogP contribution >= 0.6 is 11.6 Å². The molecule has 0 saturated carbocycles. The van der Waals surface area contributed by atoms with Crippen LogP contribution in [0.4, 0.5) is 0 Å². The normalized spacial score (nSPS) is 11.2. The van der Waals surface area contributed by atoms with Gasteiger partial charge in [-0.15, -0.1) is 0 Å². The lowest BCUT2D eigenvalue weighted by atomic mass is 9.86. The summed E-state index contributed by atoms with van der Waals surface area (Å²) in [4.78, 5) is 28.1. The first-order valence-electron chi connectivity index (χ1n) is 7.31. The van der Waals surface area contributed by atoms with Gasteiger partial charge in [-0.05, 0) is 37.6 Å². The SMILES string of the molecule is COC(=O)C(C)(C)CC(=O)c1ncc(-c2cccc(Cl)c2)cc1O. The number of ketones is 1. The van der Waals surface area contributed by atoms with Gasteiger partial charge in [-0.25, -0.2) is 4.98 Å². The van der Waals surface area contributed by atoms with Crippen LogP contribution in [-0.2, 0) is 9.53 Å². The zero-order valence-corrected chi connectivity index (χ0v) is 14.4. The maximum absolute atomic E-state index is 12.4. The molecule has 1 aromatic heterocycles. The van der Waals surface area contributed by atoms with Gasteiger partial charge >= 0.3 is 5.97 Å². The van der Waals surface area contributed by atoms with E-state index in [1.165, 1.54) is 19.4 Å². The van der Waals surface area contributed by atoms with E-state index in [2.05, 4.69) is 9.72 Å². The standard InChI is InChI=1S/C18H18ClNO4/c1-18(2,17(23)24-3)9-15(22)16-14(21)8-12(10-20-16)11-5-4-6-13(19)7-11/h4-8,10,21H,9H2,1-3H3. The Balaban J connectivity index is 2.27. The van der Waals surface area contributed by atoms with E-state index in [0.717, 1.165) is 5.56 Å². The van der Waals surface area contributed by atoms with Gasteiger partial charge in [-0.3, -0.25) is 9.59 Å². The molecule has 1 N–H and O–H groups in total. The average molecular weight is 348 g/mol. The molecule has 1 heterocycles. The number of hydrogen-bond donors (Lipinski definition) is 1. The van der Waals surface area contributed by atoms with E-state index in [1.807, 2.05) is 6.07 Å². The summed E-state index contributed by atoms with van der Waals surface area (Å²) in [5.74, 6) is -1.16. The molecule has 2 aromatic rings. The maximum atomic E-state index is 12.4. The second-order valence-corrected chi connectivity index (χ2v) is 6.51.